The van der Waals surface area contributed by atoms with Crippen molar-refractivity contribution < 1.29 is 8.42 Å². The number of nitrogens with zero attached hydrogens (tertiary/aromatic N) is 1. The van der Waals surface area contributed by atoms with Crippen LogP contribution in [0.25, 0.3) is 0 Å². The summed E-state index contributed by atoms with van der Waals surface area (Å²) >= 11 is 0. The largest absolute Gasteiger partial charge is 0.244 e. The number of benzene rings is 1. The standard InChI is InChI=1S/C13H17NO2S/c1-5-9-14(6-2)17(15,16)13-8-7-11(3)10-12(13)4/h1,7-8,10H,6,9H2,2-4H3. The van der Waals surface area contributed by atoms with Crippen LogP contribution in [0, 0.1) is 26.2 Å². The summed E-state index contributed by atoms with van der Waals surface area (Å²) < 4.78 is 25.9. The Bertz CT molecular complexity index is 541. The molecule has 0 heterocycles. The third kappa shape index (κ3) is 2.87. The van der Waals surface area contributed by atoms with Gasteiger partial charge in [0.2, 0.25) is 10.0 Å². The lowest BCUT2D eigenvalue weighted by Gasteiger charge is -2.19. The van der Waals surface area contributed by atoms with Gasteiger partial charge in [0.25, 0.3) is 0 Å². The van der Waals surface area contributed by atoms with E-state index in [1.165, 1.54) is 4.31 Å². The second-order valence-electron chi connectivity index (χ2n) is 3.90. The van der Waals surface area contributed by atoms with Crippen LogP contribution in [0.1, 0.15) is 18.1 Å². The Morgan fingerprint density at radius 3 is 2.47 bits per heavy atom. The van der Waals surface area contributed by atoms with Crippen molar-refractivity contribution in [1.82, 2.24) is 4.31 Å². The molecule has 0 atom stereocenters. The molecule has 1 aromatic rings. The monoisotopic (exact) mass is 251 g/mol. The van der Waals surface area contributed by atoms with Crippen LogP contribution in [0.2, 0.25) is 0 Å². The van der Waals surface area contributed by atoms with E-state index in [1.54, 1.807) is 26.0 Å². The van der Waals surface area contributed by atoms with Gasteiger partial charge in [-0.15, -0.1) is 6.42 Å². The van der Waals surface area contributed by atoms with Gasteiger partial charge >= 0.3 is 0 Å². The molecule has 0 radical (unpaired) electrons. The maximum absolute atomic E-state index is 12.3. The fourth-order valence-electron chi connectivity index (χ4n) is 1.70. The molecule has 4 heteroatoms. The lowest BCUT2D eigenvalue weighted by atomic mass is 10.2. The average molecular weight is 251 g/mol. The molecule has 0 unspecified atom stereocenters. The van der Waals surface area contributed by atoms with Gasteiger partial charge in [0, 0.05) is 6.54 Å². The quantitative estimate of drug-likeness (QED) is 0.767. The zero-order valence-electron chi connectivity index (χ0n) is 10.4. The Balaban J connectivity index is 3.26. The summed E-state index contributed by atoms with van der Waals surface area (Å²) in [7, 11) is -3.47. The smallest absolute Gasteiger partial charge is 0.207 e. The molecule has 3 nitrogen and oxygen atoms in total. The molecule has 0 N–H and O–H groups in total. The van der Waals surface area contributed by atoms with Gasteiger partial charge in [-0.2, -0.15) is 4.31 Å². The molecule has 0 aromatic heterocycles. The molecule has 0 saturated heterocycles. The summed E-state index contributed by atoms with van der Waals surface area (Å²) in [6.07, 6.45) is 5.19. The van der Waals surface area contributed by atoms with Crippen molar-refractivity contribution in [3.8, 4) is 12.3 Å². The highest BCUT2D eigenvalue weighted by atomic mass is 32.2. The van der Waals surface area contributed by atoms with E-state index in [1.807, 2.05) is 13.0 Å². The molecule has 0 amide bonds. The van der Waals surface area contributed by atoms with Crippen molar-refractivity contribution in [2.24, 2.45) is 0 Å². The van der Waals surface area contributed by atoms with Crippen molar-refractivity contribution in [3.05, 3.63) is 29.3 Å². The van der Waals surface area contributed by atoms with Crippen LogP contribution in [0.5, 0.6) is 0 Å². The minimum absolute atomic E-state index is 0.103. The lowest BCUT2D eigenvalue weighted by molar-refractivity contribution is 0.463. The fourth-order valence-corrected chi connectivity index (χ4v) is 3.26. The molecule has 0 spiro atoms. The molecular formula is C13H17NO2S. The van der Waals surface area contributed by atoms with E-state index in [4.69, 9.17) is 6.42 Å². The first kappa shape index (κ1) is 13.8. The summed E-state index contributed by atoms with van der Waals surface area (Å²) in [5.74, 6) is 2.37. The van der Waals surface area contributed by atoms with Crippen LogP contribution in [-0.2, 0) is 10.0 Å². The highest BCUT2D eigenvalue weighted by Crippen LogP contribution is 2.20. The van der Waals surface area contributed by atoms with Crippen molar-refractivity contribution in [3.63, 3.8) is 0 Å². The van der Waals surface area contributed by atoms with Crippen LogP contribution in [0.3, 0.4) is 0 Å². The Hall–Kier alpha value is -1.31. The fraction of sp³-hybridized carbons (Fsp3) is 0.385. The summed E-state index contributed by atoms with van der Waals surface area (Å²) in [6, 6.07) is 5.29. The molecule has 1 rings (SSSR count). The lowest BCUT2D eigenvalue weighted by Crippen LogP contribution is -2.31. The molecule has 0 fully saturated rings. The Labute approximate surface area is 104 Å². The second-order valence-corrected chi connectivity index (χ2v) is 5.81. The van der Waals surface area contributed by atoms with Crippen molar-refractivity contribution in [2.75, 3.05) is 13.1 Å². The van der Waals surface area contributed by atoms with Gasteiger partial charge in [0.05, 0.1) is 11.4 Å². The van der Waals surface area contributed by atoms with E-state index in [0.29, 0.717) is 11.4 Å². The number of terminal acetylenes is 1. The average Bonchev–Trinajstić information content (AvgIpc) is 2.24. The third-order valence-corrected chi connectivity index (χ3v) is 4.65. The van der Waals surface area contributed by atoms with E-state index in [-0.39, 0.29) is 6.54 Å². The molecule has 1 aromatic carbocycles. The van der Waals surface area contributed by atoms with Crippen LogP contribution in [0.15, 0.2) is 23.1 Å². The summed E-state index contributed by atoms with van der Waals surface area (Å²) in [5, 5.41) is 0. The van der Waals surface area contributed by atoms with E-state index in [9.17, 15) is 8.42 Å². The van der Waals surface area contributed by atoms with E-state index in [2.05, 4.69) is 5.92 Å². The summed E-state index contributed by atoms with van der Waals surface area (Å²) in [6.45, 7) is 5.98. The van der Waals surface area contributed by atoms with E-state index < -0.39 is 10.0 Å². The van der Waals surface area contributed by atoms with Crippen molar-refractivity contribution in [1.29, 1.82) is 0 Å². The van der Waals surface area contributed by atoms with E-state index >= 15 is 0 Å². The summed E-state index contributed by atoms with van der Waals surface area (Å²) in [4.78, 5) is 0.334. The molecule has 0 aliphatic rings. The van der Waals surface area contributed by atoms with Crippen LogP contribution in [0.4, 0.5) is 0 Å². The van der Waals surface area contributed by atoms with Gasteiger partial charge in [-0.1, -0.05) is 30.5 Å². The highest BCUT2D eigenvalue weighted by Gasteiger charge is 2.23. The van der Waals surface area contributed by atoms with Gasteiger partial charge < -0.3 is 0 Å². The minimum Gasteiger partial charge on any atom is -0.207 e. The van der Waals surface area contributed by atoms with Crippen LogP contribution >= 0.6 is 0 Å². The highest BCUT2D eigenvalue weighted by molar-refractivity contribution is 7.89. The van der Waals surface area contributed by atoms with Gasteiger partial charge in [0.1, 0.15) is 0 Å². The van der Waals surface area contributed by atoms with Gasteiger partial charge in [0.15, 0.2) is 0 Å². The maximum atomic E-state index is 12.3. The summed E-state index contributed by atoms with van der Waals surface area (Å²) in [5.41, 5.74) is 1.79. The number of hydrogen-bond acceptors (Lipinski definition) is 2. The zero-order valence-corrected chi connectivity index (χ0v) is 11.2. The molecule has 0 saturated carbocycles. The number of aryl methyl sites for hydroxylation is 2. The van der Waals surface area contributed by atoms with Gasteiger partial charge in [-0.3, -0.25) is 0 Å². The first-order chi connectivity index (χ1) is 7.93. The minimum atomic E-state index is -3.47. The zero-order chi connectivity index (χ0) is 13.1. The predicted molar refractivity (Wildman–Crippen MR) is 69.2 cm³/mol. The van der Waals surface area contributed by atoms with Crippen molar-refractivity contribution in [2.45, 2.75) is 25.7 Å². The molecule has 0 aliphatic heterocycles. The number of sulfonamides is 1. The van der Waals surface area contributed by atoms with Gasteiger partial charge in [-0.25, -0.2) is 8.42 Å². The topological polar surface area (TPSA) is 37.4 Å². The first-order valence-corrected chi connectivity index (χ1v) is 6.88. The van der Waals surface area contributed by atoms with E-state index in [0.717, 1.165) is 11.1 Å². The maximum Gasteiger partial charge on any atom is 0.244 e. The third-order valence-electron chi connectivity index (χ3n) is 2.57. The molecule has 0 aliphatic carbocycles. The molecular weight excluding hydrogens is 234 g/mol. The first-order valence-electron chi connectivity index (χ1n) is 5.44. The number of rotatable bonds is 4. The Kier molecular flexibility index (Phi) is 4.33. The SMILES string of the molecule is C#CCN(CC)S(=O)(=O)c1ccc(C)cc1C. The molecule has 92 valence electrons. The number of hydrogen-bond donors (Lipinski definition) is 0. The molecule has 0 bridgehead atoms. The van der Waals surface area contributed by atoms with Crippen LogP contribution in [-0.4, -0.2) is 25.8 Å². The Morgan fingerprint density at radius 2 is 2.00 bits per heavy atom. The normalized spacial score (nSPS) is 11.5. The van der Waals surface area contributed by atoms with Gasteiger partial charge in [-0.05, 0) is 25.5 Å². The van der Waals surface area contributed by atoms with Crippen LogP contribution < -0.4 is 0 Å². The second kappa shape index (κ2) is 5.35. The predicted octanol–water partition coefficient (Wildman–Crippen LogP) is 1.95. The van der Waals surface area contributed by atoms with Crippen molar-refractivity contribution >= 4 is 10.0 Å². The molecule has 17 heavy (non-hydrogen) atoms. The Morgan fingerprint density at radius 1 is 1.35 bits per heavy atom.